The van der Waals surface area contributed by atoms with Gasteiger partial charge in [0.15, 0.2) is 5.82 Å². The largest absolute Gasteiger partial charge is 0.506 e. The maximum Gasteiger partial charge on any atom is 0.196 e. The second kappa shape index (κ2) is 6.93. The van der Waals surface area contributed by atoms with E-state index in [1.165, 1.54) is 16.8 Å². The lowest BCUT2D eigenvalue weighted by atomic mass is 10.2. The van der Waals surface area contributed by atoms with Crippen LogP contribution in [0.25, 0.3) is 5.69 Å². The molecule has 1 N–H and O–H groups in total. The molecule has 0 unspecified atom stereocenters. The molecule has 0 aliphatic rings. The third kappa shape index (κ3) is 3.33. The summed E-state index contributed by atoms with van der Waals surface area (Å²) in [5.74, 6) is 0.139. The summed E-state index contributed by atoms with van der Waals surface area (Å²) in [5, 5.41) is 31.8. The SMILES string of the molecule is Cc1nn(-c2ccccc2)c(/N=N/c2cc(Cl)c(O)cc2Cl)c1C#N. The second-order valence-electron chi connectivity index (χ2n) is 5.10. The molecule has 8 heteroatoms. The number of nitrogens with zero attached hydrogens (tertiary/aromatic N) is 5. The van der Waals surface area contributed by atoms with Gasteiger partial charge in [-0.25, -0.2) is 4.68 Å². The summed E-state index contributed by atoms with van der Waals surface area (Å²) in [5.41, 5.74) is 1.87. The third-order valence-corrected chi connectivity index (χ3v) is 4.02. The molecule has 25 heavy (non-hydrogen) atoms. The molecule has 0 saturated heterocycles. The molecule has 0 saturated carbocycles. The minimum absolute atomic E-state index is 0.103. The molecule has 3 rings (SSSR count). The number of para-hydroxylation sites is 1. The first-order valence-electron chi connectivity index (χ1n) is 7.16. The Hall–Kier alpha value is -2.88. The smallest absolute Gasteiger partial charge is 0.196 e. The number of hydrogen-bond donors (Lipinski definition) is 1. The summed E-state index contributed by atoms with van der Waals surface area (Å²) in [6.45, 7) is 1.72. The monoisotopic (exact) mass is 371 g/mol. The van der Waals surface area contributed by atoms with E-state index in [-0.39, 0.29) is 27.3 Å². The van der Waals surface area contributed by atoms with Crippen molar-refractivity contribution in [3.63, 3.8) is 0 Å². The highest BCUT2D eigenvalue weighted by atomic mass is 35.5. The first-order chi connectivity index (χ1) is 12.0. The Balaban J connectivity index is 2.12. The average Bonchev–Trinajstić information content (AvgIpc) is 2.93. The van der Waals surface area contributed by atoms with Crippen molar-refractivity contribution in [3.8, 4) is 17.5 Å². The van der Waals surface area contributed by atoms with Gasteiger partial charge in [0.2, 0.25) is 0 Å². The van der Waals surface area contributed by atoms with Gasteiger partial charge in [-0.3, -0.25) is 0 Å². The van der Waals surface area contributed by atoms with Crippen molar-refractivity contribution in [2.24, 2.45) is 10.2 Å². The highest BCUT2D eigenvalue weighted by molar-refractivity contribution is 6.36. The van der Waals surface area contributed by atoms with Gasteiger partial charge < -0.3 is 5.11 Å². The van der Waals surface area contributed by atoms with Gasteiger partial charge in [-0.05, 0) is 25.1 Å². The summed E-state index contributed by atoms with van der Waals surface area (Å²) in [7, 11) is 0. The van der Waals surface area contributed by atoms with Crippen LogP contribution < -0.4 is 0 Å². The van der Waals surface area contributed by atoms with Crippen LogP contribution in [0.5, 0.6) is 5.75 Å². The maximum atomic E-state index is 9.54. The standard InChI is InChI=1S/C17H11Cl2N5O/c1-10-12(9-20)17(24(23-10)11-5-3-2-4-6-11)22-21-15-7-14(19)16(25)8-13(15)18/h2-8,25H,1H3/b22-21+. The summed E-state index contributed by atoms with van der Waals surface area (Å²) in [6, 6.07) is 14.0. The average molecular weight is 372 g/mol. The highest BCUT2D eigenvalue weighted by Crippen LogP contribution is 2.36. The zero-order valence-electron chi connectivity index (χ0n) is 13.0. The fourth-order valence-corrected chi connectivity index (χ4v) is 2.54. The predicted octanol–water partition coefficient (Wildman–Crippen LogP) is 5.48. The maximum absolute atomic E-state index is 9.54. The van der Waals surface area contributed by atoms with Gasteiger partial charge in [-0.1, -0.05) is 41.4 Å². The van der Waals surface area contributed by atoms with Gasteiger partial charge in [0.1, 0.15) is 23.1 Å². The van der Waals surface area contributed by atoms with Crippen molar-refractivity contribution < 1.29 is 5.11 Å². The van der Waals surface area contributed by atoms with E-state index in [1.807, 2.05) is 30.3 Å². The first kappa shape index (κ1) is 17.0. The van der Waals surface area contributed by atoms with Crippen LogP contribution in [0.3, 0.4) is 0 Å². The number of nitriles is 1. The molecule has 0 amide bonds. The Kier molecular flexibility index (Phi) is 4.70. The van der Waals surface area contributed by atoms with Crippen LogP contribution in [0.1, 0.15) is 11.3 Å². The number of rotatable bonds is 3. The molecule has 2 aromatic carbocycles. The van der Waals surface area contributed by atoms with Gasteiger partial charge in [-0.15, -0.1) is 10.2 Å². The molecule has 0 spiro atoms. The number of phenols is 1. The van der Waals surface area contributed by atoms with Crippen LogP contribution in [0.4, 0.5) is 11.5 Å². The molecule has 1 heterocycles. The number of aromatic hydroxyl groups is 1. The molecule has 0 bridgehead atoms. The number of halogens is 2. The zero-order chi connectivity index (χ0) is 18.0. The van der Waals surface area contributed by atoms with Crippen molar-refractivity contribution in [2.45, 2.75) is 6.92 Å². The topological polar surface area (TPSA) is 86.6 Å². The van der Waals surface area contributed by atoms with Crippen molar-refractivity contribution in [1.82, 2.24) is 9.78 Å². The Morgan fingerprint density at radius 1 is 1.12 bits per heavy atom. The Bertz CT molecular complexity index is 1010. The Morgan fingerprint density at radius 3 is 2.52 bits per heavy atom. The minimum atomic E-state index is -0.145. The fourth-order valence-electron chi connectivity index (χ4n) is 2.19. The zero-order valence-corrected chi connectivity index (χ0v) is 14.5. The van der Waals surface area contributed by atoms with Crippen molar-refractivity contribution in [3.05, 3.63) is 63.8 Å². The van der Waals surface area contributed by atoms with Crippen LogP contribution in [0.15, 0.2) is 52.7 Å². The quantitative estimate of drug-likeness (QED) is 0.618. The molecular weight excluding hydrogens is 361 g/mol. The van der Waals surface area contributed by atoms with E-state index in [0.29, 0.717) is 11.3 Å². The number of azo groups is 1. The lowest BCUT2D eigenvalue weighted by Gasteiger charge is -2.04. The van der Waals surface area contributed by atoms with Crippen molar-refractivity contribution >= 4 is 34.7 Å². The lowest BCUT2D eigenvalue weighted by molar-refractivity contribution is 0.475. The number of hydrogen-bond acceptors (Lipinski definition) is 5. The minimum Gasteiger partial charge on any atom is -0.506 e. The highest BCUT2D eigenvalue weighted by Gasteiger charge is 2.16. The normalized spacial score (nSPS) is 11.0. The van der Waals surface area contributed by atoms with E-state index in [1.54, 1.807) is 6.92 Å². The molecule has 1 aromatic heterocycles. The Labute approximate surface area is 153 Å². The molecule has 6 nitrogen and oxygen atoms in total. The van der Waals surface area contributed by atoms with Gasteiger partial charge in [0.25, 0.3) is 0 Å². The lowest BCUT2D eigenvalue weighted by Crippen LogP contribution is -1.95. The van der Waals surface area contributed by atoms with Gasteiger partial charge in [0.05, 0.1) is 21.4 Å². The van der Waals surface area contributed by atoms with Crippen molar-refractivity contribution in [1.29, 1.82) is 5.26 Å². The molecule has 0 fully saturated rings. The molecule has 0 radical (unpaired) electrons. The molecule has 3 aromatic rings. The summed E-state index contributed by atoms with van der Waals surface area (Å²) in [4.78, 5) is 0. The number of benzene rings is 2. The van der Waals surface area contributed by atoms with E-state index >= 15 is 0 Å². The predicted molar refractivity (Wildman–Crippen MR) is 95.3 cm³/mol. The molecular formula is C17H11Cl2N5O. The second-order valence-corrected chi connectivity index (χ2v) is 5.91. The summed E-state index contributed by atoms with van der Waals surface area (Å²) in [6.07, 6.45) is 0. The number of phenolic OH excluding ortho intramolecular Hbond substituents is 1. The molecule has 0 aliphatic heterocycles. The van der Waals surface area contributed by atoms with Gasteiger partial charge >= 0.3 is 0 Å². The van der Waals surface area contributed by atoms with Crippen LogP contribution in [-0.4, -0.2) is 14.9 Å². The van der Waals surface area contributed by atoms with E-state index in [9.17, 15) is 10.4 Å². The van der Waals surface area contributed by atoms with Crippen LogP contribution in [0, 0.1) is 18.3 Å². The van der Waals surface area contributed by atoms with E-state index in [2.05, 4.69) is 21.4 Å². The summed E-state index contributed by atoms with van der Waals surface area (Å²) >= 11 is 11.9. The molecule has 0 aliphatic carbocycles. The van der Waals surface area contributed by atoms with E-state index in [0.717, 1.165) is 5.69 Å². The molecule has 0 atom stereocenters. The first-order valence-corrected chi connectivity index (χ1v) is 7.91. The third-order valence-electron chi connectivity index (χ3n) is 3.42. The fraction of sp³-hybridized carbons (Fsp3) is 0.0588. The van der Waals surface area contributed by atoms with E-state index < -0.39 is 0 Å². The number of aromatic nitrogens is 2. The van der Waals surface area contributed by atoms with Gasteiger partial charge in [0, 0.05) is 6.07 Å². The Morgan fingerprint density at radius 2 is 1.84 bits per heavy atom. The van der Waals surface area contributed by atoms with Crippen molar-refractivity contribution in [2.75, 3.05) is 0 Å². The van der Waals surface area contributed by atoms with Crippen LogP contribution >= 0.6 is 23.2 Å². The molecule has 124 valence electrons. The van der Waals surface area contributed by atoms with Crippen LogP contribution in [0.2, 0.25) is 10.0 Å². The number of aryl methyl sites for hydroxylation is 1. The van der Waals surface area contributed by atoms with E-state index in [4.69, 9.17) is 23.2 Å². The van der Waals surface area contributed by atoms with Gasteiger partial charge in [-0.2, -0.15) is 10.4 Å². The van der Waals surface area contributed by atoms with Crippen LogP contribution in [-0.2, 0) is 0 Å². The summed E-state index contributed by atoms with van der Waals surface area (Å²) < 4.78 is 1.54.